The summed E-state index contributed by atoms with van der Waals surface area (Å²) in [7, 11) is 0. The molecule has 0 aliphatic carbocycles. The molecule has 0 bridgehead atoms. The van der Waals surface area contributed by atoms with Gasteiger partial charge < -0.3 is 8.98 Å². The second kappa shape index (κ2) is 16.9. The highest BCUT2D eigenvalue weighted by Crippen LogP contribution is 2.44. The van der Waals surface area contributed by atoms with Gasteiger partial charge in [0.25, 0.3) is 0 Å². The summed E-state index contributed by atoms with van der Waals surface area (Å²) >= 11 is 0. The maximum atomic E-state index is 9.73. The topological polar surface area (TPSA) is 66.6 Å². The number of aromatic nitrogens is 1. The number of amidine groups is 2. The molecule has 0 radical (unpaired) electrons. The fourth-order valence-corrected chi connectivity index (χ4v) is 8.58. The SMILES string of the molecule is C=NC(=NC(=N)c1ccc(-c2ccccc2)c2oc3c(-c4ccccc4)cc(-c4ccccc4)cc3c12)c1cccc2c3ccccc3n(-c3ccccc3)c12.Cc1ccccc1. The predicted molar refractivity (Wildman–Crippen MR) is 265 cm³/mol. The van der Waals surface area contributed by atoms with Crippen LogP contribution in [0.4, 0.5) is 0 Å². The molecule has 2 heterocycles. The van der Waals surface area contributed by atoms with Crippen LogP contribution in [-0.4, -0.2) is 23.0 Å². The lowest BCUT2D eigenvalue weighted by molar-refractivity contribution is 0.671. The zero-order valence-electron chi connectivity index (χ0n) is 34.7. The monoisotopic (exact) mass is 810 g/mol. The van der Waals surface area contributed by atoms with E-state index in [1.54, 1.807) is 0 Å². The number of hydrogen-bond acceptors (Lipinski definition) is 2. The summed E-state index contributed by atoms with van der Waals surface area (Å²) in [4.78, 5) is 9.51. The van der Waals surface area contributed by atoms with E-state index in [0.29, 0.717) is 17.0 Å². The molecule has 11 rings (SSSR count). The van der Waals surface area contributed by atoms with Crippen molar-refractivity contribution in [1.29, 1.82) is 5.41 Å². The standard InChI is InChI=1S/C51H34N4O.C7H8/c1-53-51(42-27-16-26-40-39-25-14-15-28-45(39)55(47(40)42)37-23-12-5-13-24-37)54-50(52)41-30-29-38(34-19-8-3-9-20-34)49-46(41)44-32-36(33-17-6-2-7-18-33)31-43(48(44)56-49)35-21-10-4-11-22-35;1-7-5-3-2-4-6-7/h2-32,52H,1H2;2-6H,1H3. The lowest BCUT2D eigenvalue weighted by Gasteiger charge is -2.12. The van der Waals surface area contributed by atoms with Gasteiger partial charge in [0.15, 0.2) is 11.7 Å². The number of para-hydroxylation sites is 3. The minimum atomic E-state index is 0.0606. The molecule has 300 valence electrons. The van der Waals surface area contributed by atoms with Gasteiger partial charge in [-0.2, -0.15) is 0 Å². The molecule has 0 aliphatic rings. The highest BCUT2D eigenvalue weighted by atomic mass is 16.3. The summed E-state index contributed by atoms with van der Waals surface area (Å²) in [6.07, 6.45) is 0. The summed E-state index contributed by atoms with van der Waals surface area (Å²) in [6.45, 7) is 6.07. The third kappa shape index (κ3) is 7.32. The first-order valence-corrected chi connectivity index (χ1v) is 21.0. The number of fused-ring (bicyclic) bond motifs is 6. The molecule has 0 atom stereocenters. The molecule has 5 nitrogen and oxygen atoms in total. The van der Waals surface area contributed by atoms with E-state index in [4.69, 9.17) is 9.41 Å². The Balaban J connectivity index is 0.000000616. The fourth-order valence-electron chi connectivity index (χ4n) is 8.58. The minimum absolute atomic E-state index is 0.0606. The summed E-state index contributed by atoms with van der Waals surface area (Å²) in [5.74, 6) is 0.425. The van der Waals surface area contributed by atoms with Crippen LogP contribution in [0.5, 0.6) is 0 Å². The molecular formula is C58H42N4O. The molecular weight excluding hydrogens is 769 g/mol. The van der Waals surface area contributed by atoms with Crippen molar-refractivity contribution in [3.05, 3.63) is 235 Å². The molecule has 0 unspecified atom stereocenters. The highest BCUT2D eigenvalue weighted by Gasteiger charge is 2.23. The highest BCUT2D eigenvalue weighted by molar-refractivity contribution is 6.26. The fraction of sp³-hybridized carbons (Fsp3) is 0.0172. The van der Waals surface area contributed by atoms with Crippen molar-refractivity contribution in [2.24, 2.45) is 9.98 Å². The van der Waals surface area contributed by atoms with Crippen LogP contribution < -0.4 is 0 Å². The summed E-state index contributed by atoms with van der Waals surface area (Å²) < 4.78 is 9.24. The number of aryl methyl sites for hydroxylation is 1. The van der Waals surface area contributed by atoms with E-state index < -0.39 is 0 Å². The van der Waals surface area contributed by atoms with Crippen molar-refractivity contribution in [2.75, 3.05) is 0 Å². The van der Waals surface area contributed by atoms with Gasteiger partial charge >= 0.3 is 0 Å². The summed E-state index contributed by atoms with van der Waals surface area (Å²) in [6, 6.07) is 74.5. The molecule has 11 aromatic rings. The Kier molecular flexibility index (Phi) is 10.4. The Hall–Kier alpha value is -8.41. The third-order valence-electron chi connectivity index (χ3n) is 11.5. The molecule has 9 aromatic carbocycles. The number of furan rings is 1. The van der Waals surface area contributed by atoms with Gasteiger partial charge in [0, 0.05) is 49.5 Å². The minimum Gasteiger partial charge on any atom is -0.455 e. The summed E-state index contributed by atoms with van der Waals surface area (Å²) in [5, 5.41) is 13.7. The first-order chi connectivity index (χ1) is 31.1. The van der Waals surface area contributed by atoms with Gasteiger partial charge in [-0.15, -0.1) is 0 Å². The van der Waals surface area contributed by atoms with E-state index in [-0.39, 0.29) is 5.84 Å². The van der Waals surface area contributed by atoms with Gasteiger partial charge in [-0.05, 0) is 84.4 Å². The number of rotatable bonds is 6. The Bertz CT molecular complexity index is 3460. The van der Waals surface area contributed by atoms with Gasteiger partial charge in [-0.25, -0.2) is 9.98 Å². The maximum Gasteiger partial charge on any atom is 0.163 e. The molecule has 1 N–H and O–H groups in total. The molecule has 2 aromatic heterocycles. The lowest BCUT2D eigenvalue weighted by atomic mass is 9.93. The largest absolute Gasteiger partial charge is 0.455 e. The second-order valence-corrected chi connectivity index (χ2v) is 15.5. The number of nitrogens with one attached hydrogen (secondary N) is 1. The molecule has 0 aliphatic heterocycles. The Morgan fingerprint density at radius 3 is 1.70 bits per heavy atom. The van der Waals surface area contributed by atoms with Crippen molar-refractivity contribution in [3.8, 4) is 39.1 Å². The predicted octanol–water partition coefficient (Wildman–Crippen LogP) is 15.2. The van der Waals surface area contributed by atoms with Crippen LogP contribution in [-0.2, 0) is 0 Å². The first kappa shape index (κ1) is 38.8. The van der Waals surface area contributed by atoms with Crippen LogP contribution in [0.1, 0.15) is 16.7 Å². The third-order valence-corrected chi connectivity index (χ3v) is 11.5. The molecule has 0 saturated carbocycles. The van der Waals surface area contributed by atoms with Crippen molar-refractivity contribution in [1.82, 2.24) is 4.57 Å². The van der Waals surface area contributed by atoms with Gasteiger partial charge in [0.05, 0.1) is 11.0 Å². The Morgan fingerprint density at radius 2 is 1.06 bits per heavy atom. The van der Waals surface area contributed by atoms with Crippen LogP contribution in [0, 0.1) is 12.3 Å². The lowest BCUT2D eigenvalue weighted by Crippen LogP contribution is -2.06. The van der Waals surface area contributed by atoms with Crippen LogP contribution in [0.3, 0.4) is 0 Å². The van der Waals surface area contributed by atoms with Crippen molar-refractivity contribution in [2.45, 2.75) is 6.92 Å². The average molecular weight is 811 g/mol. The zero-order valence-corrected chi connectivity index (χ0v) is 34.7. The van der Waals surface area contributed by atoms with Gasteiger partial charge in [0.2, 0.25) is 0 Å². The van der Waals surface area contributed by atoms with E-state index >= 15 is 0 Å². The molecule has 0 spiro atoms. The molecule has 0 amide bonds. The van der Waals surface area contributed by atoms with E-state index in [2.05, 4.69) is 138 Å². The second-order valence-electron chi connectivity index (χ2n) is 15.5. The van der Waals surface area contributed by atoms with Crippen LogP contribution in [0.25, 0.3) is 82.8 Å². The van der Waals surface area contributed by atoms with E-state index in [1.807, 2.05) is 103 Å². The van der Waals surface area contributed by atoms with Gasteiger partial charge in [0.1, 0.15) is 11.2 Å². The number of benzene rings is 9. The smallest absolute Gasteiger partial charge is 0.163 e. The van der Waals surface area contributed by atoms with Crippen LogP contribution in [0.2, 0.25) is 0 Å². The van der Waals surface area contributed by atoms with Crippen molar-refractivity contribution >= 4 is 62.1 Å². The number of nitrogens with zero attached hydrogens (tertiary/aromatic N) is 3. The quantitative estimate of drug-likeness (QED) is 0.132. The van der Waals surface area contributed by atoms with Crippen molar-refractivity contribution in [3.63, 3.8) is 0 Å². The van der Waals surface area contributed by atoms with Crippen LogP contribution in [0.15, 0.2) is 233 Å². The van der Waals surface area contributed by atoms with E-state index in [1.165, 1.54) is 5.56 Å². The number of hydrogen-bond donors (Lipinski definition) is 1. The van der Waals surface area contributed by atoms with Crippen molar-refractivity contribution < 1.29 is 4.42 Å². The van der Waals surface area contributed by atoms with Gasteiger partial charge in [-0.3, -0.25) is 5.41 Å². The zero-order chi connectivity index (χ0) is 42.7. The molecule has 0 saturated heterocycles. The number of aliphatic imine (C=N–C) groups is 2. The van der Waals surface area contributed by atoms with Gasteiger partial charge in [-0.1, -0.05) is 175 Å². The average Bonchev–Trinajstić information content (AvgIpc) is 3.91. The molecule has 63 heavy (non-hydrogen) atoms. The van der Waals surface area contributed by atoms with Crippen LogP contribution >= 0.6 is 0 Å². The van der Waals surface area contributed by atoms with E-state index in [9.17, 15) is 5.41 Å². The van der Waals surface area contributed by atoms with E-state index in [0.717, 1.165) is 82.8 Å². The maximum absolute atomic E-state index is 9.73. The Morgan fingerprint density at radius 1 is 0.492 bits per heavy atom. The summed E-state index contributed by atoms with van der Waals surface area (Å²) in [5.41, 5.74) is 13.4. The normalized spacial score (nSPS) is 11.5. The molecule has 5 heteroatoms. The Labute approximate surface area is 366 Å². The molecule has 0 fully saturated rings. The first-order valence-electron chi connectivity index (χ1n) is 21.0.